The second kappa shape index (κ2) is 3.42. The fourth-order valence-electron chi connectivity index (χ4n) is 2.08. The van der Waals surface area contributed by atoms with E-state index in [1.54, 1.807) is 0 Å². The second-order valence-corrected chi connectivity index (χ2v) is 4.04. The molecule has 0 bridgehead atoms. The van der Waals surface area contributed by atoms with Crippen molar-refractivity contribution in [2.75, 3.05) is 0 Å². The maximum atomic E-state index is 8.60. The molecule has 2 rings (SSSR count). The Morgan fingerprint density at radius 1 is 1.50 bits per heavy atom. The fraction of sp³-hybridized carbons (Fsp3) is 0.500. The van der Waals surface area contributed by atoms with Crippen LogP contribution in [0.15, 0.2) is 6.07 Å². The zero-order valence-corrected chi connectivity index (χ0v) is 8.67. The van der Waals surface area contributed by atoms with Gasteiger partial charge in [0.15, 0.2) is 0 Å². The summed E-state index contributed by atoms with van der Waals surface area (Å²) in [4.78, 5) is 4.46. The largest absolute Gasteiger partial charge is 0.257 e. The fourth-order valence-corrected chi connectivity index (χ4v) is 2.08. The first-order valence-corrected chi connectivity index (χ1v) is 5.06. The zero-order valence-electron chi connectivity index (χ0n) is 8.67. The van der Waals surface area contributed by atoms with E-state index in [9.17, 15) is 0 Å². The Labute approximate surface area is 84.6 Å². The van der Waals surface area contributed by atoms with Crippen molar-refractivity contribution in [2.45, 2.75) is 39.0 Å². The minimum absolute atomic E-state index is 0.423. The van der Waals surface area contributed by atoms with Crippen molar-refractivity contribution in [1.82, 2.24) is 4.98 Å². The van der Waals surface area contributed by atoms with Gasteiger partial charge >= 0.3 is 0 Å². The van der Waals surface area contributed by atoms with Crippen LogP contribution in [0.25, 0.3) is 0 Å². The summed E-state index contributed by atoms with van der Waals surface area (Å²) in [6, 6.07) is 4.20. The molecule has 0 aliphatic heterocycles. The van der Waals surface area contributed by atoms with Gasteiger partial charge in [0.2, 0.25) is 0 Å². The molecule has 2 nitrogen and oxygen atoms in total. The lowest BCUT2D eigenvalue weighted by Crippen LogP contribution is -1.99. The molecule has 0 radical (unpaired) electrons. The summed E-state index contributed by atoms with van der Waals surface area (Å²) >= 11 is 0. The summed E-state index contributed by atoms with van der Waals surface area (Å²) in [5.41, 5.74) is 4.77. The van der Waals surface area contributed by atoms with Crippen LogP contribution in [0, 0.1) is 25.2 Å². The maximum Gasteiger partial charge on any atom is 0.0774 e. The van der Waals surface area contributed by atoms with E-state index in [1.807, 2.05) is 0 Å². The highest BCUT2D eigenvalue weighted by atomic mass is 14.7. The molecule has 0 spiro atoms. The quantitative estimate of drug-likeness (QED) is 0.712. The topological polar surface area (TPSA) is 36.7 Å². The Hall–Kier alpha value is -1.36. The number of hydrogen-bond acceptors (Lipinski definition) is 2. The van der Waals surface area contributed by atoms with E-state index in [2.05, 4.69) is 31.0 Å². The Kier molecular flexibility index (Phi) is 2.25. The molecule has 0 amide bonds. The maximum absolute atomic E-state index is 8.60. The summed E-state index contributed by atoms with van der Waals surface area (Å²) in [6.07, 6.45) is 3.04. The van der Waals surface area contributed by atoms with Gasteiger partial charge in [-0.15, -0.1) is 0 Å². The van der Waals surface area contributed by atoms with Crippen LogP contribution in [0.4, 0.5) is 0 Å². The molecule has 2 heteroatoms. The van der Waals surface area contributed by atoms with Gasteiger partial charge in [0.1, 0.15) is 0 Å². The summed E-state index contributed by atoms with van der Waals surface area (Å²) < 4.78 is 0. The summed E-state index contributed by atoms with van der Waals surface area (Å²) in [5.74, 6) is 0.749. The highest BCUT2D eigenvalue weighted by Gasteiger charge is 2.27. The van der Waals surface area contributed by atoms with Crippen LogP contribution in [0.3, 0.4) is 0 Å². The van der Waals surface area contributed by atoms with Crippen LogP contribution in [-0.4, -0.2) is 4.98 Å². The third-order valence-electron chi connectivity index (χ3n) is 2.75. The van der Waals surface area contributed by atoms with Crippen molar-refractivity contribution >= 4 is 0 Å². The third kappa shape index (κ3) is 1.63. The Morgan fingerprint density at radius 3 is 2.71 bits per heavy atom. The van der Waals surface area contributed by atoms with Crippen molar-refractivity contribution in [1.29, 1.82) is 5.26 Å². The van der Waals surface area contributed by atoms with Crippen LogP contribution in [0.5, 0.6) is 0 Å². The molecule has 72 valence electrons. The Morgan fingerprint density at radius 2 is 2.21 bits per heavy atom. The number of aromatic nitrogens is 1. The third-order valence-corrected chi connectivity index (χ3v) is 2.75. The molecular weight excluding hydrogens is 172 g/mol. The lowest BCUT2D eigenvalue weighted by Gasteiger charge is -2.09. The summed E-state index contributed by atoms with van der Waals surface area (Å²) in [7, 11) is 0. The van der Waals surface area contributed by atoms with Gasteiger partial charge in [0, 0.05) is 5.69 Å². The van der Waals surface area contributed by atoms with Crippen LogP contribution in [0.2, 0.25) is 0 Å². The number of nitrogens with zero attached hydrogens (tertiary/aromatic N) is 2. The van der Waals surface area contributed by atoms with Gasteiger partial charge in [-0.1, -0.05) is 0 Å². The summed E-state index contributed by atoms with van der Waals surface area (Å²) in [6.45, 7) is 4.19. The predicted octanol–water partition coefficient (Wildman–Crippen LogP) is 2.64. The van der Waals surface area contributed by atoms with Gasteiger partial charge in [-0.2, -0.15) is 5.26 Å². The van der Waals surface area contributed by atoms with E-state index in [0.717, 1.165) is 17.3 Å². The molecule has 0 unspecified atom stereocenters. The van der Waals surface area contributed by atoms with Gasteiger partial charge < -0.3 is 0 Å². The van der Waals surface area contributed by atoms with E-state index in [1.165, 1.54) is 24.0 Å². The average molecular weight is 186 g/mol. The molecule has 14 heavy (non-hydrogen) atoms. The average Bonchev–Trinajstić information content (AvgIpc) is 2.87. The summed E-state index contributed by atoms with van der Waals surface area (Å²) in [5, 5.41) is 8.60. The molecule has 1 aliphatic rings. The molecule has 1 saturated carbocycles. The molecule has 0 aromatic carbocycles. The van der Waals surface area contributed by atoms with Crippen molar-refractivity contribution in [3.8, 4) is 6.07 Å². The lowest BCUT2D eigenvalue weighted by atomic mass is 10.0. The van der Waals surface area contributed by atoms with Gasteiger partial charge in [-0.3, -0.25) is 4.98 Å². The highest BCUT2D eigenvalue weighted by molar-refractivity contribution is 5.37. The first kappa shape index (κ1) is 9.21. The number of hydrogen-bond donors (Lipinski definition) is 0. The van der Waals surface area contributed by atoms with Crippen molar-refractivity contribution in [3.63, 3.8) is 0 Å². The Balaban J connectivity index is 2.40. The van der Waals surface area contributed by atoms with Gasteiger partial charge in [0.05, 0.1) is 18.2 Å². The number of nitriles is 1. The van der Waals surface area contributed by atoms with Crippen molar-refractivity contribution in [2.24, 2.45) is 0 Å². The van der Waals surface area contributed by atoms with Crippen molar-refractivity contribution < 1.29 is 0 Å². The van der Waals surface area contributed by atoms with Crippen LogP contribution in [-0.2, 0) is 6.42 Å². The van der Waals surface area contributed by atoms with Crippen LogP contribution >= 0.6 is 0 Å². The first-order valence-electron chi connectivity index (χ1n) is 5.06. The molecule has 1 aromatic rings. The molecule has 1 aliphatic carbocycles. The molecular formula is C12H14N2. The van der Waals surface area contributed by atoms with Gasteiger partial charge in [0.25, 0.3) is 0 Å². The first-order chi connectivity index (χ1) is 6.72. The normalized spacial score (nSPS) is 15.2. The van der Waals surface area contributed by atoms with Gasteiger partial charge in [-0.25, -0.2) is 0 Å². The number of pyridine rings is 1. The SMILES string of the molecule is Cc1cc(CC#N)nc(C)c1C1CC1. The standard InChI is InChI=1S/C12H14N2/c1-8-7-11(5-6-13)14-9(2)12(8)10-3-4-10/h7,10H,3-5H2,1-2H3. The van der Waals surface area contributed by atoms with E-state index < -0.39 is 0 Å². The monoisotopic (exact) mass is 186 g/mol. The molecule has 0 atom stereocenters. The van der Waals surface area contributed by atoms with Crippen molar-refractivity contribution in [3.05, 3.63) is 28.6 Å². The van der Waals surface area contributed by atoms with E-state index in [0.29, 0.717) is 6.42 Å². The second-order valence-electron chi connectivity index (χ2n) is 4.04. The predicted molar refractivity (Wildman–Crippen MR) is 55.0 cm³/mol. The lowest BCUT2D eigenvalue weighted by molar-refractivity contribution is 0.970. The number of aryl methyl sites for hydroxylation is 2. The molecule has 0 N–H and O–H groups in total. The minimum atomic E-state index is 0.423. The highest BCUT2D eigenvalue weighted by Crippen LogP contribution is 2.42. The van der Waals surface area contributed by atoms with Gasteiger partial charge in [-0.05, 0) is 49.8 Å². The molecule has 1 heterocycles. The van der Waals surface area contributed by atoms with Crippen LogP contribution in [0.1, 0.15) is 41.3 Å². The van der Waals surface area contributed by atoms with E-state index in [4.69, 9.17) is 5.26 Å². The van der Waals surface area contributed by atoms with Crippen LogP contribution < -0.4 is 0 Å². The Bertz CT molecular complexity index is 374. The molecule has 1 aromatic heterocycles. The molecule has 0 saturated heterocycles. The minimum Gasteiger partial charge on any atom is -0.257 e. The number of rotatable bonds is 2. The smallest absolute Gasteiger partial charge is 0.0774 e. The van der Waals surface area contributed by atoms with E-state index in [-0.39, 0.29) is 0 Å². The van der Waals surface area contributed by atoms with E-state index >= 15 is 0 Å². The zero-order chi connectivity index (χ0) is 10.1. The molecule has 1 fully saturated rings.